The van der Waals surface area contributed by atoms with Gasteiger partial charge in [-0.05, 0) is 12.1 Å². The van der Waals surface area contributed by atoms with Gasteiger partial charge in [-0.2, -0.15) is 4.98 Å². The van der Waals surface area contributed by atoms with Gasteiger partial charge in [0.05, 0.1) is 12.1 Å². The highest BCUT2D eigenvalue weighted by Crippen LogP contribution is 2.23. The number of aromatic nitrogens is 4. The number of nitrogens with zero attached hydrogens (tertiary/aromatic N) is 3. The Morgan fingerprint density at radius 2 is 2.10 bits per heavy atom. The summed E-state index contributed by atoms with van der Waals surface area (Å²) in [6.07, 6.45) is 1.52. The van der Waals surface area contributed by atoms with Crippen molar-refractivity contribution in [2.45, 2.75) is 5.03 Å². The molecule has 2 heterocycles. The number of nitrogen functional groups attached to an aromatic ring is 1. The number of hydrogen-bond donors (Lipinski definition) is 3. The fourth-order valence-electron chi connectivity index (χ4n) is 1.78. The number of rotatable bonds is 4. The summed E-state index contributed by atoms with van der Waals surface area (Å²) in [7, 11) is 0. The highest BCUT2D eigenvalue weighted by Gasteiger charge is 2.11. The number of benzene rings is 1. The van der Waals surface area contributed by atoms with Gasteiger partial charge in [-0.15, -0.1) is 0 Å². The van der Waals surface area contributed by atoms with E-state index in [-0.39, 0.29) is 17.6 Å². The van der Waals surface area contributed by atoms with Crippen LogP contribution in [0.5, 0.6) is 0 Å². The number of para-hydroxylation sites is 1. The Hall–Kier alpha value is -2.61. The molecular weight excluding hydrogens is 288 g/mol. The molecule has 0 atom stereocenters. The number of aromatic amines is 1. The van der Waals surface area contributed by atoms with Crippen LogP contribution in [-0.4, -0.2) is 31.6 Å². The summed E-state index contributed by atoms with van der Waals surface area (Å²) in [5, 5.41) is 3.42. The normalized spacial score (nSPS) is 10.7. The number of hydrogen-bond acceptors (Lipinski definition) is 6. The lowest BCUT2D eigenvalue weighted by Crippen LogP contribution is -2.14. The predicted molar refractivity (Wildman–Crippen MR) is 81.9 cm³/mol. The van der Waals surface area contributed by atoms with Crippen LogP contribution in [0.3, 0.4) is 0 Å². The molecule has 21 heavy (non-hydrogen) atoms. The highest BCUT2D eigenvalue weighted by molar-refractivity contribution is 8.00. The van der Waals surface area contributed by atoms with Crippen LogP contribution >= 0.6 is 11.8 Å². The summed E-state index contributed by atoms with van der Waals surface area (Å²) >= 11 is 1.28. The van der Waals surface area contributed by atoms with Gasteiger partial charge in [-0.1, -0.05) is 30.0 Å². The zero-order valence-electron chi connectivity index (χ0n) is 10.9. The molecule has 0 unspecified atom stereocenters. The maximum absolute atomic E-state index is 11.9. The van der Waals surface area contributed by atoms with E-state index in [9.17, 15) is 4.79 Å². The van der Waals surface area contributed by atoms with Gasteiger partial charge in [0.1, 0.15) is 10.5 Å². The number of thioether (sulfide) groups is 1. The molecule has 106 valence electrons. The number of nitrogens with one attached hydrogen (secondary N) is 2. The first kappa shape index (κ1) is 13.4. The minimum absolute atomic E-state index is 0.115. The summed E-state index contributed by atoms with van der Waals surface area (Å²) in [4.78, 5) is 27.0. The molecule has 0 saturated carbocycles. The van der Waals surface area contributed by atoms with E-state index in [1.807, 2.05) is 30.3 Å². The maximum Gasteiger partial charge on any atom is 0.234 e. The molecule has 0 aliphatic rings. The second-order valence-corrected chi connectivity index (χ2v) is 5.16. The van der Waals surface area contributed by atoms with Crippen LogP contribution in [0, 0.1) is 0 Å². The Morgan fingerprint density at radius 1 is 1.29 bits per heavy atom. The standard InChI is InChI=1S/C13H12N6OS/c14-13-18-11-10(15-7-16-11)12(19-13)21-6-9(20)17-8-4-2-1-3-5-8/h1-5,7H,6H2,(H,17,20)(H3,14,15,16,18,19). The lowest BCUT2D eigenvalue weighted by atomic mass is 10.3. The molecular formula is C13H12N6OS. The molecule has 8 heteroatoms. The molecule has 0 bridgehead atoms. The van der Waals surface area contributed by atoms with Crippen molar-refractivity contribution in [1.82, 2.24) is 19.9 Å². The Labute approximate surface area is 124 Å². The molecule has 3 rings (SSSR count). The summed E-state index contributed by atoms with van der Waals surface area (Å²) in [6.45, 7) is 0. The number of anilines is 2. The smallest absolute Gasteiger partial charge is 0.234 e. The minimum atomic E-state index is -0.115. The van der Waals surface area contributed by atoms with E-state index < -0.39 is 0 Å². The zero-order valence-corrected chi connectivity index (χ0v) is 11.7. The summed E-state index contributed by atoms with van der Waals surface area (Å²) in [5.74, 6) is 0.246. The summed E-state index contributed by atoms with van der Waals surface area (Å²) in [5.41, 5.74) is 7.56. The predicted octanol–water partition coefficient (Wildman–Crippen LogP) is 1.67. The van der Waals surface area contributed by atoms with Crippen LogP contribution in [0.15, 0.2) is 41.7 Å². The van der Waals surface area contributed by atoms with E-state index in [1.165, 1.54) is 18.1 Å². The Kier molecular flexibility index (Phi) is 3.69. The van der Waals surface area contributed by atoms with Gasteiger partial charge in [0.15, 0.2) is 5.65 Å². The molecule has 0 saturated heterocycles. The monoisotopic (exact) mass is 300 g/mol. The molecule has 2 aromatic heterocycles. The van der Waals surface area contributed by atoms with Gasteiger partial charge < -0.3 is 16.0 Å². The molecule has 0 aliphatic heterocycles. The Morgan fingerprint density at radius 3 is 2.90 bits per heavy atom. The number of carbonyl (C=O) groups excluding carboxylic acids is 1. The molecule has 7 nitrogen and oxygen atoms in total. The number of imidazole rings is 1. The van der Waals surface area contributed by atoms with Crippen molar-refractivity contribution in [2.75, 3.05) is 16.8 Å². The lowest BCUT2D eigenvalue weighted by molar-refractivity contribution is -0.113. The third kappa shape index (κ3) is 3.11. The largest absolute Gasteiger partial charge is 0.368 e. The molecule has 3 aromatic rings. The van der Waals surface area contributed by atoms with Crippen molar-refractivity contribution in [1.29, 1.82) is 0 Å². The zero-order chi connectivity index (χ0) is 14.7. The van der Waals surface area contributed by atoms with Crippen molar-refractivity contribution < 1.29 is 4.79 Å². The van der Waals surface area contributed by atoms with E-state index in [4.69, 9.17) is 5.73 Å². The molecule has 0 radical (unpaired) electrons. The first-order valence-corrected chi connectivity index (χ1v) is 7.15. The van der Waals surface area contributed by atoms with Gasteiger partial charge in [0.25, 0.3) is 0 Å². The maximum atomic E-state index is 11.9. The molecule has 1 aromatic carbocycles. The summed E-state index contributed by atoms with van der Waals surface area (Å²) in [6, 6.07) is 9.28. The number of H-pyrrole nitrogens is 1. The second kappa shape index (κ2) is 5.80. The average molecular weight is 300 g/mol. The molecule has 4 N–H and O–H groups in total. The van der Waals surface area contributed by atoms with Crippen molar-refractivity contribution in [3.63, 3.8) is 0 Å². The van der Waals surface area contributed by atoms with E-state index in [1.54, 1.807) is 0 Å². The van der Waals surface area contributed by atoms with Gasteiger partial charge in [0, 0.05) is 5.69 Å². The number of nitrogens with two attached hydrogens (primary N) is 1. The van der Waals surface area contributed by atoms with Crippen LogP contribution < -0.4 is 11.1 Å². The van der Waals surface area contributed by atoms with Gasteiger partial charge in [-0.25, -0.2) is 9.97 Å². The fraction of sp³-hybridized carbons (Fsp3) is 0.0769. The first-order chi connectivity index (χ1) is 10.2. The van der Waals surface area contributed by atoms with E-state index in [0.29, 0.717) is 16.2 Å². The Balaban J connectivity index is 1.69. The van der Waals surface area contributed by atoms with Gasteiger partial charge >= 0.3 is 0 Å². The Bertz CT molecular complexity index is 773. The van der Waals surface area contributed by atoms with Gasteiger partial charge in [-0.3, -0.25) is 4.79 Å². The molecule has 0 spiro atoms. The highest BCUT2D eigenvalue weighted by atomic mass is 32.2. The van der Waals surface area contributed by atoms with Crippen LogP contribution in [0.2, 0.25) is 0 Å². The quantitative estimate of drug-likeness (QED) is 0.499. The average Bonchev–Trinajstić information content (AvgIpc) is 2.94. The first-order valence-electron chi connectivity index (χ1n) is 6.16. The topological polar surface area (TPSA) is 110 Å². The molecule has 0 aliphatic carbocycles. The van der Waals surface area contributed by atoms with Crippen LogP contribution in [-0.2, 0) is 4.79 Å². The fourth-order valence-corrected chi connectivity index (χ4v) is 2.57. The van der Waals surface area contributed by atoms with E-state index in [0.717, 1.165) is 5.69 Å². The van der Waals surface area contributed by atoms with Crippen molar-refractivity contribution in [2.24, 2.45) is 0 Å². The van der Waals surface area contributed by atoms with Gasteiger partial charge in [0.2, 0.25) is 11.9 Å². The van der Waals surface area contributed by atoms with E-state index >= 15 is 0 Å². The number of amides is 1. The SMILES string of the molecule is Nc1nc(SCC(=O)Nc2ccccc2)c2[nH]cnc2n1. The van der Waals surface area contributed by atoms with Crippen molar-refractivity contribution in [3.8, 4) is 0 Å². The molecule has 1 amide bonds. The van der Waals surface area contributed by atoms with Crippen molar-refractivity contribution >= 4 is 40.5 Å². The minimum Gasteiger partial charge on any atom is -0.368 e. The second-order valence-electron chi connectivity index (χ2n) is 4.19. The van der Waals surface area contributed by atoms with E-state index in [2.05, 4.69) is 25.3 Å². The van der Waals surface area contributed by atoms with Crippen LogP contribution in [0.4, 0.5) is 11.6 Å². The summed E-state index contributed by atoms with van der Waals surface area (Å²) < 4.78 is 0. The molecule has 0 fully saturated rings. The third-order valence-electron chi connectivity index (χ3n) is 2.67. The number of carbonyl (C=O) groups is 1. The van der Waals surface area contributed by atoms with Crippen LogP contribution in [0.25, 0.3) is 11.2 Å². The number of fused-ring (bicyclic) bond motifs is 1. The van der Waals surface area contributed by atoms with Crippen molar-refractivity contribution in [3.05, 3.63) is 36.7 Å². The lowest BCUT2D eigenvalue weighted by Gasteiger charge is -2.05. The van der Waals surface area contributed by atoms with Crippen LogP contribution in [0.1, 0.15) is 0 Å². The third-order valence-corrected chi connectivity index (χ3v) is 3.64.